The van der Waals surface area contributed by atoms with Crippen molar-refractivity contribution in [1.29, 1.82) is 0 Å². The minimum atomic E-state index is -3.43. The molecule has 2 rings (SSSR count). The summed E-state index contributed by atoms with van der Waals surface area (Å²) in [5, 5.41) is 1.13. The van der Waals surface area contributed by atoms with Crippen LogP contribution in [0.3, 0.4) is 0 Å². The molecule has 0 saturated carbocycles. The molecular formula is C16H14BrFO3S. The fraction of sp³-hybridized carbons (Fsp3) is 0.125. The quantitative estimate of drug-likeness (QED) is 0.776. The van der Waals surface area contributed by atoms with Gasteiger partial charge in [-0.2, -0.15) is 0 Å². The first-order valence-corrected chi connectivity index (χ1v) is 8.89. The third-order valence-electron chi connectivity index (χ3n) is 2.92. The van der Waals surface area contributed by atoms with Crippen LogP contribution in [0.15, 0.2) is 52.3 Å². The molecule has 0 aliphatic heterocycles. The van der Waals surface area contributed by atoms with Gasteiger partial charge in [0.15, 0.2) is 9.84 Å². The third-order valence-corrected chi connectivity index (χ3v) is 4.86. The molecular weight excluding hydrogens is 371 g/mol. The Balaban J connectivity index is 2.15. The van der Waals surface area contributed by atoms with E-state index in [4.69, 9.17) is 4.74 Å². The van der Waals surface area contributed by atoms with Gasteiger partial charge in [-0.15, -0.1) is 0 Å². The standard InChI is InChI=1S/C16H14BrFO3S/c1-21-16-10-13(4-7-15(16)17)11-22(19,20)9-8-12-2-5-14(18)6-3-12/h2-10H,11H2,1H3. The summed E-state index contributed by atoms with van der Waals surface area (Å²) >= 11 is 3.32. The van der Waals surface area contributed by atoms with Crippen LogP contribution < -0.4 is 4.74 Å². The predicted molar refractivity (Wildman–Crippen MR) is 88.8 cm³/mol. The highest BCUT2D eigenvalue weighted by Gasteiger charge is 2.10. The van der Waals surface area contributed by atoms with Crippen LogP contribution in [0.1, 0.15) is 11.1 Å². The minimum Gasteiger partial charge on any atom is -0.496 e. The fourth-order valence-electron chi connectivity index (χ4n) is 1.83. The van der Waals surface area contributed by atoms with E-state index in [-0.39, 0.29) is 11.6 Å². The van der Waals surface area contributed by atoms with E-state index in [1.54, 1.807) is 18.2 Å². The van der Waals surface area contributed by atoms with E-state index in [0.717, 1.165) is 9.88 Å². The van der Waals surface area contributed by atoms with Crippen LogP contribution in [0.25, 0.3) is 6.08 Å². The average Bonchev–Trinajstić information content (AvgIpc) is 2.48. The molecule has 0 aromatic heterocycles. The summed E-state index contributed by atoms with van der Waals surface area (Å²) in [5.74, 6) is 0.0890. The topological polar surface area (TPSA) is 43.4 Å². The Morgan fingerprint density at radius 2 is 1.86 bits per heavy atom. The lowest BCUT2D eigenvalue weighted by atomic mass is 10.2. The Morgan fingerprint density at radius 1 is 1.18 bits per heavy atom. The highest BCUT2D eigenvalue weighted by atomic mass is 79.9. The van der Waals surface area contributed by atoms with Gasteiger partial charge >= 0.3 is 0 Å². The van der Waals surface area contributed by atoms with Crippen LogP contribution in [-0.2, 0) is 15.6 Å². The lowest BCUT2D eigenvalue weighted by Gasteiger charge is -2.06. The fourth-order valence-corrected chi connectivity index (χ4v) is 3.34. The number of sulfone groups is 1. The number of benzene rings is 2. The normalized spacial score (nSPS) is 11.8. The first kappa shape index (κ1) is 16.7. The molecule has 6 heteroatoms. The van der Waals surface area contributed by atoms with E-state index in [0.29, 0.717) is 16.9 Å². The van der Waals surface area contributed by atoms with Crippen LogP contribution in [-0.4, -0.2) is 15.5 Å². The smallest absolute Gasteiger partial charge is 0.175 e. The maximum Gasteiger partial charge on any atom is 0.175 e. The summed E-state index contributed by atoms with van der Waals surface area (Å²) < 4.78 is 42.9. The molecule has 2 aromatic rings. The monoisotopic (exact) mass is 384 g/mol. The molecule has 0 heterocycles. The number of hydrogen-bond donors (Lipinski definition) is 0. The summed E-state index contributed by atoms with van der Waals surface area (Å²) in [6.07, 6.45) is 1.45. The van der Waals surface area contributed by atoms with Crippen LogP contribution in [0.4, 0.5) is 4.39 Å². The molecule has 0 radical (unpaired) electrons. The summed E-state index contributed by atoms with van der Waals surface area (Å²) in [7, 11) is -1.91. The summed E-state index contributed by atoms with van der Waals surface area (Å²) in [4.78, 5) is 0. The Kier molecular flexibility index (Phi) is 5.37. The first-order chi connectivity index (χ1) is 10.4. The zero-order valence-corrected chi connectivity index (χ0v) is 14.2. The van der Waals surface area contributed by atoms with Gasteiger partial charge in [0.2, 0.25) is 0 Å². The number of rotatable bonds is 5. The van der Waals surface area contributed by atoms with Gasteiger partial charge in [-0.05, 0) is 57.4 Å². The highest BCUT2D eigenvalue weighted by Crippen LogP contribution is 2.26. The lowest BCUT2D eigenvalue weighted by Crippen LogP contribution is -2.00. The van der Waals surface area contributed by atoms with Gasteiger partial charge in [0.25, 0.3) is 0 Å². The Bertz CT molecular complexity index is 784. The molecule has 22 heavy (non-hydrogen) atoms. The maximum atomic E-state index is 12.8. The van der Waals surface area contributed by atoms with Gasteiger partial charge in [0.1, 0.15) is 11.6 Å². The van der Waals surface area contributed by atoms with E-state index >= 15 is 0 Å². The lowest BCUT2D eigenvalue weighted by molar-refractivity contribution is 0.412. The minimum absolute atomic E-state index is 0.131. The summed E-state index contributed by atoms with van der Waals surface area (Å²) in [6.45, 7) is 0. The Labute approximate surface area is 137 Å². The van der Waals surface area contributed by atoms with Crippen molar-refractivity contribution in [2.75, 3.05) is 7.11 Å². The highest BCUT2D eigenvalue weighted by molar-refractivity contribution is 9.10. The van der Waals surface area contributed by atoms with Gasteiger partial charge in [0.05, 0.1) is 17.3 Å². The molecule has 2 aromatic carbocycles. The number of methoxy groups -OCH3 is 1. The molecule has 3 nitrogen and oxygen atoms in total. The summed E-state index contributed by atoms with van der Waals surface area (Å²) in [6, 6.07) is 10.7. The molecule has 0 saturated heterocycles. The molecule has 0 fully saturated rings. The van der Waals surface area contributed by atoms with Crippen LogP contribution in [0, 0.1) is 5.82 Å². The van der Waals surface area contributed by atoms with Gasteiger partial charge < -0.3 is 4.74 Å². The van der Waals surface area contributed by atoms with Crippen molar-refractivity contribution in [2.24, 2.45) is 0 Å². The van der Waals surface area contributed by atoms with Crippen molar-refractivity contribution in [3.05, 3.63) is 69.3 Å². The molecule has 0 amide bonds. The number of hydrogen-bond acceptors (Lipinski definition) is 3. The first-order valence-electron chi connectivity index (χ1n) is 6.38. The van der Waals surface area contributed by atoms with Crippen molar-refractivity contribution in [3.8, 4) is 5.75 Å². The molecule has 0 unspecified atom stereocenters. The third kappa shape index (κ3) is 4.68. The van der Waals surface area contributed by atoms with E-state index in [9.17, 15) is 12.8 Å². The van der Waals surface area contributed by atoms with E-state index in [1.165, 1.54) is 37.5 Å². The molecule has 0 atom stereocenters. The zero-order valence-electron chi connectivity index (χ0n) is 11.8. The van der Waals surface area contributed by atoms with Crippen LogP contribution >= 0.6 is 15.9 Å². The number of ether oxygens (including phenoxy) is 1. The van der Waals surface area contributed by atoms with E-state index in [1.807, 2.05) is 0 Å². The Hall–Kier alpha value is -1.66. The van der Waals surface area contributed by atoms with Crippen LogP contribution in [0.2, 0.25) is 0 Å². The van der Waals surface area contributed by atoms with Crippen molar-refractivity contribution >= 4 is 31.8 Å². The van der Waals surface area contributed by atoms with E-state index < -0.39 is 9.84 Å². The molecule has 0 aliphatic carbocycles. The molecule has 116 valence electrons. The largest absolute Gasteiger partial charge is 0.496 e. The molecule has 0 bridgehead atoms. The SMILES string of the molecule is COc1cc(CS(=O)(=O)C=Cc2ccc(F)cc2)ccc1Br. The maximum absolute atomic E-state index is 12.8. The molecule has 0 aliphatic rings. The van der Waals surface area contributed by atoms with E-state index in [2.05, 4.69) is 15.9 Å². The van der Waals surface area contributed by atoms with Crippen molar-refractivity contribution in [2.45, 2.75) is 5.75 Å². The molecule has 0 N–H and O–H groups in total. The second kappa shape index (κ2) is 7.07. The van der Waals surface area contributed by atoms with Gasteiger partial charge in [0, 0.05) is 5.41 Å². The zero-order chi connectivity index (χ0) is 16.2. The van der Waals surface area contributed by atoms with Gasteiger partial charge in [-0.3, -0.25) is 0 Å². The van der Waals surface area contributed by atoms with Gasteiger partial charge in [-0.25, -0.2) is 12.8 Å². The van der Waals surface area contributed by atoms with Crippen molar-refractivity contribution in [3.63, 3.8) is 0 Å². The second-order valence-electron chi connectivity index (χ2n) is 4.63. The van der Waals surface area contributed by atoms with Crippen molar-refractivity contribution < 1.29 is 17.5 Å². The summed E-state index contributed by atoms with van der Waals surface area (Å²) in [5.41, 5.74) is 1.25. The second-order valence-corrected chi connectivity index (χ2v) is 7.37. The average molecular weight is 385 g/mol. The number of halogens is 2. The predicted octanol–water partition coefficient (Wildman–Crippen LogP) is 4.18. The Morgan fingerprint density at radius 3 is 2.50 bits per heavy atom. The van der Waals surface area contributed by atoms with Crippen molar-refractivity contribution in [1.82, 2.24) is 0 Å². The van der Waals surface area contributed by atoms with Gasteiger partial charge in [-0.1, -0.05) is 18.2 Å². The molecule has 0 spiro atoms. The van der Waals surface area contributed by atoms with Crippen LogP contribution in [0.5, 0.6) is 5.75 Å².